The Morgan fingerprint density at radius 2 is 1.57 bits per heavy atom. The van der Waals surface area contributed by atoms with Crippen molar-refractivity contribution in [3.05, 3.63) is 89.0 Å². The summed E-state index contributed by atoms with van der Waals surface area (Å²) in [5.74, 6) is -0.362. The summed E-state index contributed by atoms with van der Waals surface area (Å²) in [6, 6.07) is 21.0. The standard InChI is InChI=1S/C28H29NO5Si/c1-35(2,3)34-20-13-12-18-15-26(27(30)31)29(16-19(18)14-20)28(32)33-17-25-23-10-6-4-8-21(23)22-9-5-7-11-24(22)25/h4-14,25-26H,15-17H2,1-3H3,(H,30,31)/t26-/m0/s1. The van der Waals surface area contributed by atoms with Crippen LogP contribution in [0, 0.1) is 0 Å². The van der Waals surface area contributed by atoms with Crippen molar-refractivity contribution >= 4 is 20.4 Å². The van der Waals surface area contributed by atoms with Gasteiger partial charge in [-0.1, -0.05) is 54.6 Å². The first-order valence-corrected chi connectivity index (χ1v) is 15.3. The van der Waals surface area contributed by atoms with Crippen molar-refractivity contribution in [3.63, 3.8) is 0 Å². The second-order valence-corrected chi connectivity index (χ2v) is 14.6. The van der Waals surface area contributed by atoms with Gasteiger partial charge in [-0.25, -0.2) is 9.59 Å². The summed E-state index contributed by atoms with van der Waals surface area (Å²) >= 11 is 0. The average Bonchev–Trinajstić information content (AvgIpc) is 3.14. The van der Waals surface area contributed by atoms with Gasteiger partial charge < -0.3 is 14.3 Å². The Balaban J connectivity index is 1.36. The van der Waals surface area contributed by atoms with E-state index in [0.29, 0.717) is 0 Å². The van der Waals surface area contributed by atoms with Gasteiger partial charge in [-0.2, -0.15) is 0 Å². The fourth-order valence-corrected chi connectivity index (χ4v) is 5.90. The molecule has 0 unspecified atom stereocenters. The summed E-state index contributed by atoms with van der Waals surface area (Å²) in [5, 5.41) is 9.86. The molecule has 7 heteroatoms. The molecule has 5 rings (SSSR count). The SMILES string of the molecule is C[Si](C)(C)Oc1ccc2c(c1)CN(C(=O)OCC1c3ccccc3-c3ccccc31)[C@H](C(=O)O)C2. The summed E-state index contributed by atoms with van der Waals surface area (Å²) < 4.78 is 11.9. The Hall–Kier alpha value is -3.58. The van der Waals surface area contributed by atoms with Crippen molar-refractivity contribution < 1.29 is 23.9 Å². The third kappa shape index (κ3) is 4.56. The monoisotopic (exact) mass is 487 g/mol. The molecule has 3 aromatic rings. The second-order valence-electron chi connectivity index (χ2n) is 10.1. The highest BCUT2D eigenvalue weighted by Gasteiger charge is 2.37. The minimum Gasteiger partial charge on any atom is -0.544 e. The Morgan fingerprint density at radius 3 is 2.17 bits per heavy atom. The van der Waals surface area contributed by atoms with Gasteiger partial charge in [0.15, 0.2) is 0 Å². The van der Waals surface area contributed by atoms with Crippen molar-refractivity contribution in [1.29, 1.82) is 0 Å². The summed E-state index contributed by atoms with van der Waals surface area (Å²) in [6.07, 6.45) is -0.372. The van der Waals surface area contributed by atoms with Gasteiger partial charge in [-0.3, -0.25) is 4.90 Å². The summed E-state index contributed by atoms with van der Waals surface area (Å²) in [7, 11) is -1.80. The minimum atomic E-state index is -1.80. The summed E-state index contributed by atoms with van der Waals surface area (Å²) in [5.41, 5.74) is 6.35. The van der Waals surface area contributed by atoms with Gasteiger partial charge in [0.1, 0.15) is 18.4 Å². The lowest BCUT2D eigenvalue weighted by Gasteiger charge is -2.34. The maximum atomic E-state index is 13.2. The number of aliphatic carboxylic acids is 1. The number of hydrogen-bond donors (Lipinski definition) is 1. The number of nitrogens with zero attached hydrogens (tertiary/aromatic N) is 1. The zero-order valence-electron chi connectivity index (χ0n) is 20.2. The number of benzene rings is 3. The van der Waals surface area contributed by atoms with Gasteiger partial charge in [0.2, 0.25) is 8.32 Å². The first-order valence-electron chi connectivity index (χ1n) is 11.9. The number of carbonyl (C=O) groups excluding carboxylic acids is 1. The zero-order chi connectivity index (χ0) is 24.7. The number of carboxylic acid groups (broad SMARTS) is 1. The van der Waals surface area contributed by atoms with Gasteiger partial charge >= 0.3 is 12.1 Å². The maximum Gasteiger partial charge on any atom is 0.410 e. The van der Waals surface area contributed by atoms with Crippen LogP contribution in [0.4, 0.5) is 4.79 Å². The van der Waals surface area contributed by atoms with E-state index < -0.39 is 26.4 Å². The third-order valence-corrected chi connectivity index (χ3v) is 7.44. The molecule has 2 aliphatic rings. The van der Waals surface area contributed by atoms with Crippen LogP contribution in [0.15, 0.2) is 66.7 Å². The smallest absolute Gasteiger partial charge is 0.410 e. The molecule has 1 amide bonds. The van der Waals surface area contributed by atoms with Crippen LogP contribution in [-0.4, -0.2) is 43.0 Å². The van der Waals surface area contributed by atoms with Gasteiger partial charge in [0.25, 0.3) is 0 Å². The zero-order valence-corrected chi connectivity index (χ0v) is 21.2. The van der Waals surface area contributed by atoms with E-state index in [-0.39, 0.29) is 25.5 Å². The topological polar surface area (TPSA) is 76.1 Å². The van der Waals surface area contributed by atoms with Crippen LogP contribution in [0.2, 0.25) is 19.6 Å². The van der Waals surface area contributed by atoms with Gasteiger partial charge in [0, 0.05) is 12.3 Å². The molecule has 1 aliphatic heterocycles. The lowest BCUT2D eigenvalue weighted by Crippen LogP contribution is -2.49. The molecule has 1 heterocycles. The third-order valence-electron chi connectivity index (χ3n) is 6.59. The predicted molar refractivity (Wildman–Crippen MR) is 136 cm³/mol. The Bertz CT molecular complexity index is 1250. The molecule has 0 saturated carbocycles. The average molecular weight is 488 g/mol. The highest BCUT2D eigenvalue weighted by Crippen LogP contribution is 2.44. The normalized spacial score (nSPS) is 16.8. The molecule has 0 bridgehead atoms. The molecule has 0 aromatic heterocycles. The first kappa shape index (κ1) is 23.2. The molecule has 0 saturated heterocycles. The van der Waals surface area contributed by atoms with Gasteiger partial charge in [0.05, 0.1) is 6.54 Å². The van der Waals surface area contributed by atoms with Crippen molar-refractivity contribution in [2.24, 2.45) is 0 Å². The lowest BCUT2D eigenvalue weighted by atomic mass is 9.94. The van der Waals surface area contributed by atoms with E-state index in [1.54, 1.807) is 0 Å². The Kier molecular flexibility index (Phi) is 5.88. The van der Waals surface area contributed by atoms with Gasteiger partial charge in [-0.15, -0.1) is 0 Å². The van der Waals surface area contributed by atoms with E-state index in [1.165, 1.54) is 4.90 Å². The molecule has 0 spiro atoms. The van der Waals surface area contributed by atoms with Crippen LogP contribution in [0.3, 0.4) is 0 Å². The van der Waals surface area contributed by atoms with Crippen LogP contribution in [0.25, 0.3) is 11.1 Å². The fraction of sp³-hybridized carbons (Fsp3) is 0.286. The highest BCUT2D eigenvalue weighted by atomic mass is 28.4. The summed E-state index contributed by atoms with van der Waals surface area (Å²) in [6.45, 7) is 6.65. The molecular weight excluding hydrogens is 458 g/mol. The van der Waals surface area contributed by atoms with Crippen LogP contribution < -0.4 is 4.43 Å². The van der Waals surface area contributed by atoms with Crippen molar-refractivity contribution in [2.45, 2.75) is 44.6 Å². The van der Waals surface area contributed by atoms with Crippen LogP contribution >= 0.6 is 0 Å². The first-order chi connectivity index (χ1) is 16.7. The highest BCUT2D eigenvalue weighted by molar-refractivity contribution is 6.70. The predicted octanol–water partition coefficient (Wildman–Crippen LogP) is 5.66. The number of hydrogen-bond acceptors (Lipinski definition) is 4. The Labute approximate surface area is 206 Å². The van der Waals surface area contributed by atoms with Gasteiger partial charge in [-0.05, 0) is 65.2 Å². The minimum absolute atomic E-state index is 0.0801. The van der Waals surface area contributed by atoms with Crippen LogP contribution in [0.5, 0.6) is 5.75 Å². The van der Waals surface area contributed by atoms with E-state index >= 15 is 0 Å². The molecule has 0 radical (unpaired) electrons. The molecule has 35 heavy (non-hydrogen) atoms. The number of carbonyl (C=O) groups is 2. The van der Waals surface area contributed by atoms with E-state index in [4.69, 9.17) is 9.16 Å². The molecule has 0 fully saturated rings. The van der Waals surface area contributed by atoms with Crippen LogP contribution in [0.1, 0.15) is 28.2 Å². The maximum absolute atomic E-state index is 13.2. The number of amides is 1. The molecule has 1 aliphatic carbocycles. The van der Waals surface area contributed by atoms with Crippen molar-refractivity contribution in [3.8, 4) is 16.9 Å². The molecule has 1 N–H and O–H groups in total. The molecular formula is C28H29NO5Si. The van der Waals surface area contributed by atoms with Crippen molar-refractivity contribution in [2.75, 3.05) is 6.61 Å². The van der Waals surface area contributed by atoms with E-state index in [0.717, 1.165) is 39.1 Å². The number of rotatable bonds is 5. The van der Waals surface area contributed by atoms with E-state index in [2.05, 4.69) is 43.9 Å². The van der Waals surface area contributed by atoms with E-state index in [1.807, 2.05) is 42.5 Å². The van der Waals surface area contributed by atoms with Crippen molar-refractivity contribution in [1.82, 2.24) is 4.90 Å². The molecule has 1 atom stereocenters. The number of carboxylic acids is 1. The van der Waals surface area contributed by atoms with E-state index in [9.17, 15) is 14.7 Å². The molecule has 6 nitrogen and oxygen atoms in total. The second kappa shape index (κ2) is 8.89. The van der Waals surface area contributed by atoms with Crippen LogP contribution in [-0.2, 0) is 22.5 Å². The summed E-state index contributed by atoms with van der Waals surface area (Å²) in [4.78, 5) is 26.6. The molecule has 3 aromatic carbocycles. The fourth-order valence-electron chi connectivity index (χ4n) is 5.07. The number of fused-ring (bicyclic) bond motifs is 4. The Morgan fingerprint density at radius 1 is 0.943 bits per heavy atom. The molecule has 180 valence electrons. The lowest BCUT2D eigenvalue weighted by molar-refractivity contribution is -0.143. The largest absolute Gasteiger partial charge is 0.544 e. The number of ether oxygens (including phenoxy) is 1. The quantitative estimate of drug-likeness (QED) is 0.470.